The van der Waals surface area contributed by atoms with Crippen molar-refractivity contribution >= 4 is 21.8 Å². The van der Waals surface area contributed by atoms with E-state index >= 15 is 0 Å². The molecule has 3 rings (SSSR count). The van der Waals surface area contributed by atoms with Gasteiger partial charge >= 0.3 is 0 Å². The van der Waals surface area contributed by atoms with E-state index in [9.17, 15) is 18.0 Å². The van der Waals surface area contributed by atoms with E-state index < -0.39 is 10.0 Å². The van der Waals surface area contributed by atoms with Crippen LogP contribution in [0, 0.1) is 12.8 Å². The number of carbonyl (C=O) groups is 2. The molecule has 2 N–H and O–H groups in total. The number of carbonyl (C=O) groups excluding carboxylic acids is 2. The molecule has 160 valence electrons. The Morgan fingerprint density at radius 3 is 2.34 bits per heavy atom. The zero-order valence-electron chi connectivity index (χ0n) is 17.1. The van der Waals surface area contributed by atoms with Gasteiger partial charge in [-0.3, -0.25) is 9.59 Å². The number of piperidine rings is 1. The standard InChI is InChI=1S/C21H31N3O4S/c1-16-9-10-18(15-19(16)29(27,28)24-13-5-2-6-14-24)21(26)23-12-11-22-20(25)17-7-3-4-8-17/h9-10,15,17H,2-8,11-14H2,1H3,(H,22,25)(H,23,26). The maximum Gasteiger partial charge on any atom is 0.251 e. The van der Waals surface area contributed by atoms with Crippen LogP contribution in [0.4, 0.5) is 0 Å². The summed E-state index contributed by atoms with van der Waals surface area (Å²) in [7, 11) is -3.60. The molecule has 0 atom stereocenters. The van der Waals surface area contributed by atoms with Crippen LogP contribution in [-0.2, 0) is 14.8 Å². The minimum atomic E-state index is -3.60. The molecule has 8 heteroatoms. The van der Waals surface area contributed by atoms with Crippen LogP contribution in [0.1, 0.15) is 60.9 Å². The lowest BCUT2D eigenvalue weighted by atomic mass is 10.1. The fraction of sp³-hybridized carbons (Fsp3) is 0.619. The number of rotatable bonds is 7. The summed E-state index contributed by atoms with van der Waals surface area (Å²) in [4.78, 5) is 24.7. The summed E-state index contributed by atoms with van der Waals surface area (Å²) < 4.78 is 27.5. The maximum absolute atomic E-state index is 13.0. The Morgan fingerprint density at radius 1 is 1.00 bits per heavy atom. The van der Waals surface area contributed by atoms with E-state index in [0.29, 0.717) is 37.3 Å². The van der Waals surface area contributed by atoms with Gasteiger partial charge in [0.25, 0.3) is 5.91 Å². The molecule has 1 aromatic carbocycles. The molecule has 2 aliphatic rings. The number of nitrogens with one attached hydrogen (secondary N) is 2. The van der Waals surface area contributed by atoms with Crippen LogP contribution in [-0.4, -0.2) is 50.7 Å². The first-order valence-electron chi connectivity index (χ1n) is 10.6. The van der Waals surface area contributed by atoms with Crippen LogP contribution in [0.2, 0.25) is 0 Å². The first-order chi connectivity index (χ1) is 13.9. The molecule has 2 fully saturated rings. The summed E-state index contributed by atoms with van der Waals surface area (Å²) >= 11 is 0. The van der Waals surface area contributed by atoms with E-state index in [1.165, 1.54) is 10.4 Å². The third-order valence-corrected chi connectivity index (χ3v) is 7.86. The van der Waals surface area contributed by atoms with E-state index in [1.807, 2.05) is 0 Å². The molecule has 29 heavy (non-hydrogen) atoms. The fourth-order valence-corrected chi connectivity index (χ4v) is 5.83. The summed E-state index contributed by atoms with van der Waals surface area (Å²) in [5.41, 5.74) is 0.948. The Morgan fingerprint density at radius 2 is 1.66 bits per heavy atom. The van der Waals surface area contributed by atoms with E-state index in [1.54, 1.807) is 19.1 Å². The number of amides is 2. The number of sulfonamides is 1. The van der Waals surface area contributed by atoms with E-state index in [2.05, 4.69) is 10.6 Å². The van der Waals surface area contributed by atoms with E-state index in [-0.39, 0.29) is 22.6 Å². The van der Waals surface area contributed by atoms with Gasteiger partial charge in [0.2, 0.25) is 15.9 Å². The van der Waals surface area contributed by atoms with Crippen molar-refractivity contribution in [3.05, 3.63) is 29.3 Å². The molecule has 1 heterocycles. The second kappa shape index (κ2) is 9.71. The van der Waals surface area contributed by atoms with Gasteiger partial charge in [-0.05, 0) is 50.3 Å². The molecule has 2 amide bonds. The Kier molecular flexibility index (Phi) is 7.29. The SMILES string of the molecule is Cc1ccc(C(=O)NCCNC(=O)C2CCCC2)cc1S(=O)(=O)N1CCCCC1. The number of hydrogen-bond acceptors (Lipinski definition) is 4. The molecule has 1 aliphatic carbocycles. The fourth-order valence-electron chi connectivity index (χ4n) is 4.06. The van der Waals surface area contributed by atoms with Crippen LogP contribution < -0.4 is 10.6 Å². The molecular weight excluding hydrogens is 390 g/mol. The zero-order valence-corrected chi connectivity index (χ0v) is 17.9. The first kappa shape index (κ1) is 21.8. The predicted molar refractivity (Wildman–Crippen MR) is 111 cm³/mol. The highest BCUT2D eigenvalue weighted by molar-refractivity contribution is 7.89. The predicted octanol–water partition coefficient (Wildman–Crippen LogP) is 2.21. The number of nitrogens with zero attached hydrogens (tertiary/aromatic N) is 1. The lowest BCUT2D eigenvalue weighted by Crippen LogP contribution is -2.37. The third kappa shape index (κ3) is 5.36. The lowest BCUT2D eigenvalue weighted by molar-refractivity contribution is -0.124. The topological polar surface area (TPSA) is 95.6 Å². The zero-order chi connectivity index (χ0) is 20.9. The largest absolute Gasteiger partial charge is 0.354 e. The summed E-state index contributed by atoms with van der Waals surface area (Å²) in [6.07, 6.45) is 6.86. The Hall–Kier alpha value is -1.93. The molecule has 0 unspecified atom stereocenters. The Bertz CT molecular complexity index is 841. The Balaban J connectivity index is 1.58. The summed E-state index contributed by atoms with van der Waals surface area (Å²) in [6, 6.07) is 4.77. The summed E-state index contributed by atoms with van der Waals surface area (Å²) in [6.45, 7) is 3.47. The molecule has 0 bridgehead atoms. The lowest BCUT2D eigenvalue weighted by Gasteiger charge is -2.26. The molecule has 1 aliphatic heterocycles. The van der Waals surface area contributed by atoms with Gasteiger partial charge in [0.1, 0.15) is 0 Å². The van der Waals surface area contributed by atoms with Gasteiger partial charge in [-0.1, -0.05) is 25.3 Å². The van der Waals surface area contributed by atoms with Gasteiger partial charge in [-0.15, -0.1) is 0 Å². The highest BCUT2D eigenvalue weighted by atomic mass is 32.2. The van der Waals surface area contributed by atoms with Crippen molar-refractivity contribution in [2.45, 2.75) is 56.8 Å². The highest BCUT2D eigenvalue weighted by Gasteiger charge is 2.28. The highest BCUT2D eigenvalue weighted by Crippen LogP contribution is 2.25. The van der Waals surface area contributed by atoms with Gasteiger partial charge in [0.05, 0.1) is 4.90 Å². The smallest absolute Gasteiger partial charge is 0.251 e. The van der Waals surface area contributed by atoms with Gasteiger partial charge in [-0.25, -0.2) is 8.42 Å². The summed E-state index contributed by atoms with van der Waals surface area (Å²) in [5, 5.41) is 5.62. The normalized spacial score (nSPS) is 18.5. The van der Waals surface area contributed by atoms with Crippen molar-refractivity contribution in [2.24, 2.45) is 5.92 Å². The molecule has 0 spiro atoms. The van der Waals surface area contributed by atoms with Crippen molar-refractivity contribution < 1.29 is 18.0 Å². The first-order valence-corrected chi connectivity index (χ1v) is 12.0. The monoisotopic (exact) mass is 421 g/mol. The maximum atomic E-state index is 13.0. The molecule has 1 saturated heterocycles. The van der Waals surface area contributed by atoms with Crippen LogP contribution in [0.15, 0.2) is 23.1 Å². The summed E-state index contributed by atoms with van der Waals surface area (Å²) in [5.74, 6) is -0.178. The van der Waals surface area contributed by atoms with Crippen molar-refractivity contribution in [3.63, 3.8) is 0 Å². The average Bonchev–Trinajstić information content (AvgIpc) is 3.27. The minimum Gasteiger partial charge on any atom is -0.354 e. The quantitative estimate of drug-likeness (QED) is 0.660. The minimum absolute atomic E-state index is 0.0574. The Labute approximate surface area is 173 Å². The van der Waals surface area contributed by atoms with Crippen LogP contribution >= 0.6 is 0 Å². The van der Waals surface area contributed by atoms with Crippen molar-refractivity contribution in [1.82, 2.24) is 14.9 Å². The van der Waals surface area contributed by atoms with Crippen LogP contribution in [0.25, 0.3) is 0 Å². The molecule has 0 aromatic heterocycles. The van der Waals surface area contributed by atoms with Gasteiger partial charge in [-0.2, -0.15) is 4.31 Å². The van der Waals surface area contributed by atoms with Crippen molar-refractivity contribution in [2.75, 3.05) is 26.2 Å². The van der Waals surface area contributed by atoms with E-state index in [4.69, 9.17) is 0 Å². The molecule has 1 aromatic rings. The third-order valence-electron chi connectivity index (χ3n) is 5.82. The van der Waals surface area contributed by atoms with Gasteiger partial charge in [0, 0.05) is 37.7 Å². The molecule has 7 nitrogen and oxygen atoms in total. The van der Waals surface area contributed by atoms with Gasteiger partial charge < -0.3 is 10.6 Å². The van der Waals surface area contributed by atoms with Crippen LogP contribution in [0.3, 0.4) is 0 Å². The number of hydrogen-bond donors (Lipinski definition) is 2. The molecule has 1 saturated carbocycles. The number of benzene rings is 1. The van der Waals surface area contributed by atoms with Gasteiger partial charge in [0.15, 0.2) is 0 Å². The number of aryl methyl sites for hydroxylation is 1. The van der Waals surface area contributed by atoms with Crippen molar-refractivity contribution in [3.8, 4) is 0 Å². The second-order valence-electron chi connectivity index (χ2n) is 7.97. The van der Waals surface area contributed by atoms with Crippen molar-refractivity contribution in [1.29, 1.82) is 0 Å². The second-order valence-corrected chi connectivity index (χ2v) is 9.88. The molecular formula is C21H31N3O4S. The molecule has 0 radical (unpaired) electrons. The average molecular weight is 422 g/mol. The van der Waals surface area contributed by atoms with Crippen LogP contribution in [0.5, 0.6) is 0 Å². The van der Waals surface area contributed by atoms with E-state index in [0.717, 1.165) is 44.9 Å².